The van der Waals surface area contributed by atoms with E-state index in [2.05, 4.69) is 5.32 Å². The van der Waals surface area contributed by atoms with Crippen molar-refractivity contribution in [1.29, 1.82) is 0 Å². The smallest absolute Gasteiger partial charge is 0.317 e. The first kappa shape index (κ1) is 18.4. The second-order valence-corrected chi connectivity index (χ2v) is 5.79. The Labute approximate surface area is 150 Å². The van der Waals surface area contributed by atoms with Gasteiger partial charge in [0.15, 0.2) is 11.5 Å². The molecule has 2 N–H and O–H groups in total. The van der Waals surface area contributed by atoms with Crippen LogP contribution in [0.4, 0.5) is 0 Å². The van der Waals surface area contributed by atoms with Crippen molar-refractivity contribution in [2.24, 2.45) is 0 Å². The van der Waals surface area contributed by atoms with Crippen LogP contribution in [0.3, 0.4) is 0 Å². The molecule has 0 aliphatic heterocycles. The minimum Gasteiger partial charge on any atom is -0.493 e. The van der Waals surface area contributed by atoms with Crippen LogP contribution in [0.25, 0.3) is 0 Å². The minimum absolute atomic E-state index is 0.106. The normalized spacial score (nSPS) is 10.5. The molecule has 0 saturated carbocycles. The lowest BCUT2D eigenvalue weighted by Gasteiger charge is -2.14. The van der Waals surface area contributed by atoms with E-state index in [1.807, 2.05) is 6.07 Å². The zero-order valence-corrected chi connectivity index (χ0v) is 14.5. The van der Waals surface area contributed by atoms with Crippen LogP contribution in [0.2, 0.25) is 10.0 Å². The second-order valence-electron chi connectivity index (χ2n) is 4.97. The molecule has 0 aliphatic rings. The summed E-state index contributed by atoms with van der Waals surface area (Å²) >= 11 is 12.3. The molecule has 0 bridgehead atoms. The van der Waals surface area contributed by atoms with Gasteiger partial charge < -0.3 is 19.9 Å². The topological polar surface area (TPSA) is 67.8 Å². The van der Waals surface area contributed by atoms with Crippen LogP contribution in [0.1, 0.15) is 11.1 Å². The Morgan fingerprint density at radius 1 is 1.17 bits per heavy atom. The van der Waals surface area contributed by atoms with Crippen LogP contribution < -0.4 is 14.8 Å². The Morgan fingerprint density at radius 2 is 1.88 bits per heavy atom. The fourth-order valence-corrected chi connectivity index (χ4v) is 2.58. The molecule has 5 nitrogen and oxygen atoms in total. The second kappa shape index (κ2) is 8.78. The maximum atomic E-state index is 10.5. The highest BCUT2D eigenvalue weighted by molar-refractivity contribution is 6.35. The lowest BCUT2D eigenvalue weighted by Crippen LogP contribution is -2.21. The fourth-order valence-electron chi connectivity index (χ4n) is 2.08. The first-order chi connectivity index (χ1) is 11.5. The molecule has 24 heavy (non-hydrogen) atoms. The Kier molecular flexibility index (Phi) is 6.73. The van der Waals surface area contributed by atoms with Gasteiger partial charge in [-0.1, -0.05) is 35.3 Å². The molecule has 0 heterocycles. The Balaban J connectivity index is 2.06. The van der Waals surface area contributed by atoms with E-state index in [9.17, 15) is 4.79 Å². The van der Waals surface area contributed by atoms with Crippen LogP contribution in [-0.4, -0.2) is 24.7 Å². The highest BCUT2D eigenvalue weighted by Crippen LogP contribution is 2.31. The monoisotopic (exact) mass is 369 g/mol. The van der Waals surface area contributed by atoms with Gasteiger partial charge in [-0.2, -0.15) is 0 Å². The summed E-state index contributed by atoms with van der Waals surface area (Å²) in [4.78, 5) is 10.5. The molecule has 2 aromatic carbocycles. The minimum atomic E-state index is -0.904. The molecule has 0 unspecified atom stereocenters. The third kappa shape index (κ3) is 5.03. The lowest BCUT2D eigenvalue weighted by molar-refractivity contribution is -0.135. The van der Waals surface area contributed by atoms with Gasteiger partial charge in [0.25, 0.3) is 0 Å². The molecule has 2 aromatic rings. The quantitative estimate of drug-likeness (QED) is 0.741. The zero-order chi connectivity index (χ0) is 17.5. The standard InChI is InChI=1S/C17H17Cl2NO4/c1-23-16-7-11(8-20-9-17(21)22)5-6-15(16)24-10-12-13(18)3-2-4-14(12)19/h2-7,20H,8-10H2,1H3,(H,21,22). The van der Waals surface area contributed by atoms with E-state index in [1.165, 1.54) is 0 Å². The summed E-state index contributed by atoms with van der Waals surface area (Å²) in [5, 5.41) is 12.5. The molecular weight excluding hydrogens is 353 g/mol. The molecule has 128 valence electrons. The summed E-state index contributed by atoms with van der Waals surface area (Å²) in [7, 11) is 1.54. The van der Waals surface area contributed by atoms with Gasteiger partial charge >= 0.3 is 5.97 Å². The average Bonchev–Trinajstić information content (AvgIpc) is 2.54. The molecule has 0 aliphatic carbocycles. The van der Waals surface area contributed by atoms with Crippen molar-refractivity contribution in [1.82, 2.24) is 5.32 Å². The van der Waals surface area contributed by atoms with E-state index in [0.29, 0.717) is 33.7 Å². The van der Waals surface area contributed by atoms with E-state index in [1.54, 1.807) is 37.4 Å². The highest BCUT2D eigenvalue weighted by atomic mass is 35.5. The lowest BCUT2D eigenvalue weighted by atomic mass is 10.2. The largest absolute Gasteiger partial charge is 0.493 e. The third-order valence-electron chi connectivity index (χ3n) is 3.27. The van der Waals surface area contributed by atoms with Crippen molar-refractivity contribution in [3.8, 4) is 11.5 Å². The number of hydrogen-bond acceptors (Lipinski definition) is 4. The highest BCUT2D eigenvalue weighted by Gasteiger charge is 2.10. The number of carboxylic acids is 1. The van der Waals surface area contributed by atoms with Crippen molar-refractivity contribution < 1.29 is 19.4 Å². The fraction of sp³-hybridized carbons (Fsp3) is 0.235. The zero-order valence-electron chi connectivity index (χ0n) is 13.0. The summed E-state index contributed by atoms with van der Waals surface area (Å²) in [6.45, 7) is 0.524. The summed E-state index contributed by atoms with van der Waals surface area (Å²) in [5.41, 5.74) is 1.59. The molecule has 0 spiro atoms. The number of rotatable bonds is 8. The molecular formula is C17H17Cl2NO4. The van der Waals surface area contributed by atoms with Crippen LogP contribution >= 0.6 is 23.2 Å². The molecule has 7 heteroatoms. The van der Waals surface area contributed by atoms with Crippen molar-refractivity contribution in [3.05, 3.63) is 57.6 Å². The maximum Gasteiger partial charge on any atom is 0.317 e. The number of hydrogen-bond donors (Lipinski definition) is 2. The maximum absolute atomic E-state index is 10.5. The van der Waals surface area contributed by atoms with Gasteiger partial charge in [-0.15, -0.1) is 0 Å². The van der Waals surface area contributed by atoms with Gasteiger partial charge in [0.1, 0.15) is 6.61 Å². The number of aliphatic carboxylic acids is 1. The number of methoxy groups -OCH3 is 1. The van der Waals surface area contributed by atoms with Crippen molar-refractivity contribution in [2.75, 3.05) is 13.7 Å². The van der Waals surface area contributed by atoms with Gasteiger partial charge in [0.05, 0.1) is 13.7 Å². The van der Waals surface area contributed by atoms with Gasteiger partial charge in [0, 0.05) is 22.2 Å². The van der Waals surface area contributed by atoms with Gasteiger partial charge in [-0.3, -0.25) is 4.79 Å². The average molecular weight is 370 g/mol. The number of carbonyl (C=O) groups is 1. The molecule has 0 radical (unpaired) electrons. The number of halogens is 2. The first-order valence-corrected chi connectivity index (χ1v) is 7.92. The predicted molar refractivity (Wildman–Crippen MR) is 93.1 cm³/mol. The van der Waals surface area contributed by atoms with E-state index in [0.717, 1.165) is 5.56 Å². The van der Waals surface area contributed by atoms with Gasteiger partial charge in [-0.25, -0.2) is 0 Å². The van der Waals surface area contributed by atoms with E-state index in [4.69, 9.17) is 37.8 Å². The van der Waals surface area contributed by atoms with E-state index < -0.39 is 5.97 Å². The summed E-state index contributed by atoms with van der Waals surface area (Å²) in [6, 6.07) is 10.7. The number of ether oxygens (including phenoxy) is 2. The third-order valence-corrected chi connectivity index (χ3v) is 3.98. The van der Waals surface area contributed by atoms with E-state index >= 15 is 0 Å². The number of nitrogens with one attached hydrogen (secondary N) is 1. The van der Waals surface area contributed by atoms with E-state index in [-0.39, 0.29) is 13.2 Å². The predicted octanol–water partition coefficient (Wildman–Crippen LogP) is 3.76. The Bertz CT molecular complexity index is 701. The first-order valence-electron chi connectivity index (χ1n) is 7.16. The molecule has 0 saturated heterocycles. The Morgan fingerprint density at radius 3 is 2.50 bits per heavy atom. The molecule has 0 atom stereocenters. The van der Waals surface area contributed by atoms with Crippen molar-refractivity contribution in [2.45, 2.75) is 13.2 Å². The van der Waals surface area contributed by atoms with Crippen LogP contribution in [-0.2, 0) is 17.9 Å². The van der Waals surface area contributed by atoms with Crippen LogP contribution in [0.5, 0.6) is 11.5 Å². The number of carboxylic acid groups (broad SMARTS) is 1. The number of benzene rings is 2. The van der Waals surface area contributed by atoms with Gasteiger partial charge in [-0.05, 0) is 29.8 Å². The Hall–Kier alpha value is -1.95. The van der Waals surface area contributed by atoms with Gasteiger partial charge in [0.2, 0.25) is 0 Å². The molecule has 2 rings (SSSR count). The summed E-state index contributed by atoms with van der Waals surface area (Å²) in [5.74, 6) is 0.196. The SMILES string of the molecule is COc1cc(CNCC(=O)O)ccc1OCc1c(Cl)cccc1Cl. The molecule has 0 fully saturated rings. The summed E-state index contributed by atoms with van der Waals surface area (Å²) < 4.78 is 11.1. The van der Waals surface area contributed by atoms with Crippen LogP contribution in [0, 0.1) is 0 Å². The molecule has 0 aromatic heterocycles. The molecule has 0 amide bonds. The van der Waals surface area contributed by atoms with Crippen molar-refractivity contribution in [3.63, 3.8) is 0 Å². The summed E-state index contributed by atoms with van der Waals surface area (Å²) in [6.07, 6.45) is 0. The van der Waals surface area contributed by atoms with Crippen LogP contribution in [0.15, 0.2) is 36.4 Å². The van der Waals surface area contributed by atoms with Crippen molar-refractivity contribution >= 4 is 29.2 Å².